The first kappa shape index (κ1) is 13.8. The highest BCUT2D eigenvalue weighted by Gasteiger charge is 2.40. The third kappa shape index (κ3) is 3.34. The molecule has 1 aliphatic rings. The molecule has 1 unspecified atom stereocenters. The molecule has 0 aliphatic carbocycles. The topological polar surface area (TPSA) is 105 Å². The molecule has 0 aromatic rings. The lowest BCUT2D eigenvalue weighted by Gasteiger charge is -2.25. The number of rotatable bonds is 2. The van der Waals surface area contributed by atoms with Gasteiger partial charge in [-0.15, -0.1) is 0 Å². The second-order valence-corrected chi connectivity index (χ2v) is 6.59. The van der Waals surface area contributed by atoms with Crippen molar-refractivity contribution < 1.29 is 18.0 Å². The molecule has 0 saturated heterocycles. The largest absolute Gasteiger partial charge is 0.347 e. The normalized spacial score (nSPS) is 22.1. The summed E-state index contributed by atoms with van der Waals surface area (Å²) in [6.45, 7) is 6.30. The Hall–Kier alpha value is -1.28. The molecule has 0 aromatic carbocycles. The van der Waals surface area contributed by atoms with E-state index in [1.165, 1.54) is 6.92 Å². The first-order chi connectivity index (χ1) is 7.53. The Kier molecular flexibility index (Phi) is 3.40. The molecule has 1 aliphatic heterocycles. The van der Waals surface area contributed by atoms with Gasteiger partial charge in [-0.1, -0.05) is 0 Å². The Labute approximate surface area is 99.7 Å². The fourth-order valence-electron chi connectivity index (χ4n) is 1.46. The molecule has 0 aromatic heterocycles. The van der Waals surface area contributed by atoms with Crippen LogP contribution in [0, 0.1) is 0 Å². The van der Waals surface area contributed by atoms with Gasteiger partial charge in [0.2, 0.25) is 10.0 Å². The second kappa shape index (κ2) is 4.19. The maximum Gasteiger partial charge on any atom is 0.347 e. The van der Waals surface area contributed by atoms with E-state index in [4.69, 9.17) is 0 Å². The van der Waals surface area contributed by atoms with E-state index in [-0.39, 0.29) is 5.71 Å². The van der Waals surface area contributed by atoms with Gasteiger partial charge in [-0.25, -0.2) is 22.9 Å². The first-order valence-corrected chi connectivity index (χ1v) is 6.50. The standard InChI is InChI=1S/C9H15N3O4S/c1-5-6(7(13)11-8(14)10-5)17(15,16)12-9(2,3)4/h6,12H,1-4H3,(H,11,13,14). The number of nitrogens with zero attached hydrogens (tertiary/aromatic N) is 1. The number of sulfonamides is 1. The van der Waals surface area contributed by atoms with Gasteiger partial charge in [0.25, 0.3) is 5.91 Å². The molecule has 0 radical (unpaired) electrons. The first-order valence-electron chi connectivity index (χ1n) is 4.96. The van der Waals surface area contributed by atoms with Crippen molar-refractivity contribution in [2.45, 2.75) is 38.5 Å². The summed E-state index contributed by atoms with van der Waals surface area (Å²) in [4.78, 5) is 25.9. The Morgan fingerprint density at radius 2 is 1.82 bits per heavy atom. The number of carbonyl (C=O) groups excluding carboxylic acids is 2. The van der Waals surface area contributed by atoms with E-state index in [1.54, 1.807) is 20.8 Å². The predicted molar refractivity (Wildman–Crippen MR) is 62.2 cm³/mol. The molecule has 1 atom stereocenters. The molecule has 1 rings (SSSR count). The van der Waals surface area contributed by atoms with Crippen LogP contribution in [0.25, 0.3) is 0 Å². The van der Waals surface area contributed by atoms with Crippen molar-refractivity contribution in [2.24, 2.45) is 4.99 Å². The van der Waals surface area contributed by atoms with E-state index < -0.39 is 32.8 Å². The summed E-state index contributed by atoms with van der Waals surface area (Å²) in [7, 11) is -3.91. The number of urea groups is 1. The van der Waals surface area contributed by atoms with Crippen molar-refractivity contribution in [1.29, 1.82) is 0 Å². The molecule has 1 heterocycles. The molecule has 0 bridgehead atoms. The summed E-state index contributed by atoms with van der Waals surface area (Å²) >= 11 is 0. The van der Waals surface area contributed by atoms with Crippen molar-refractivity contribution in [3.8, 4) is 0 Å². The zero-order valence-corrected chi connectivity index (χ0v) is 10.9. The highest BCUT2D eigenvalue weighted by atomic mass is 32.2. The number of aliphatic imine (C=N–C) groups is 1. The van der Waals surface area contributed by atoms with Crippen molar-refractivity contribution in [1.82, 2.24) is 10.0 Å². The molecule has 0 fully saturated rings. The van der Waals surface area contributed by atoms with E-state index in [0.717, 1.165) is 0 Å². The Bertz CT molecular complexity index is 487. The van der Waals surface area contributed by atoms with Gasteiger partial charge in [0, 0.05) is 11.3 Å². The zero-order valence-electron chi connectivity index (χ0n) is 10.1. The molecular weight excluding hydrogens is 246 g/mol. The van der Waals surface area contributed by atoms with Crippen LogP contribution in [-0.2, 0) is 14.8 Å². The van der Waals surface area contributed by atoms with Crippen LogP contribution in [-0.4, -0.2) is 36.9 Å². The van der Waals surface area contributed by atoms with Crippen molar-refractivity contribution >= 4 is 27.7 Å². The van der Waals surface area contributed by atoms with Crippen LogP contribution in [0.4, 0.5) is 4.79 Å². The maximum absolute atomic E-state index is 12.0. The van der Waals surface area contributed by atoms with Crippen molar-refractivity contribution in [3.05, 3.63) is 0 Å². The maximum atomic E-state index is 12.0. The number of hydrogen-bond donors (Lipinski definition) is 2. The molecule has 8 heteroatoms. The monoisotopic (exact) mass is 261 g/mol. The van der Waals surface area contributed by atoms with Gasteiger partial charge in [0.1, 0.15) is 0 Å². The van der Waals surface area contributed by atoms with Crippen LogP contribution in [0.5, 0.6) is 0 Å². The highest BCUT2D eigenvalue weighted by molar-refractivity contribution is 7.91. The molecule has 3 amide bonds. The fourth-order valence-corrected chi connectivity index (χ4v) is 3.27. The Morgan fingerprint density at radius 3 is 2.24 bits per heavy atom. The minimum Gasteiger partial charge on any atom is -0.275 e. The Balaban J connectivity index is 3.12. The smallest absolute Gasteiger partial charge is 0.275 e. The average molecular weight is 261 g/mol. The summed E-state index contributed by atoms with van der Waals surface area (Å²) < 4.78 is 26.3. The van der Waals surface area contributed by atoms with Gasteiger partial charge in [0.15, 0.2) is 5.25 Å². The average Bonchev–Trinajstić information content (AvgIpc) is 1.93. The number of nitrogens with one attached hydrogen (secondary N) is 2. The van der Waals surface area contributed by atoms with Gasteiger partial charge in [0.05, 0.1) is 0 Å². The third-order valence-electron chi connectivity index (χ3n) is 1.88. The minimum absolute atomic E-state index is 0.0319. The summed E-state index contributed by atoms with van der Waals surface area (Å²) in [5.41, 5.74) is -0.739. The van der Waals surface area contributed by atoms with Gasteiger partial charge in [-0.2, -0.15) is 0 Å². The third-order valence-corrected chi connectivity index (χ3v) is 3.96. The zero-order chi connectivity index (χ0) is 13.4. The van der Waals surface area contributed by atoms with Crippen LogP contribution in [0.1, 0.15) is 27.7 Å². The summed E-state index contributed by atoms with van der Waals surface area (Å²) in [5, 5.41) is 0.408. The minimum atomic E-state index is -3.91. The van der Waals surface area contributed by atoms with Gasteiger partial charge in [-0.05, 0) is 27.7 Å². The van der Waals surface area contributed by atoms with Crippen molar-refractivity contribution in [3.63, 3.8) is 0 Å². The summed E-state index contributed by atoms with van der Waals surface area (Å²) in [6, 6.07) is -0.838. The molecule has 0 spiro atoms. The second-order valence-electron chi connectivity index (χ2n) is 4.82. The van der Waals surface area contributed by atoms with Crippen molar-refractivity contribution in [2.75, 3.05) is 0 Å². The number of imide groups is 1. The number of carbonyl (C=O) groups is 2. The molecular formula is C9H15N3O4S. The summed E-state index contributed by atoms with van der Waals surface area (Å²) in [6.07, 6.45) is 0. The molecule has 0 saturated carbocycles. The van der Waals surface area contributed by atoms with E-state index in [1.807, 2.05) is 5.32 Å². The fraction of sp³-hybridized carbons (Fsp3) is 0.667. The highest BCUT2D eigenvalue weighted by Crippen LogP contribution is 2.11. The molecule has 2 N–H and O–H groups in total. The van der Waals surface area contributed by atoms with Crippen LogP contribution in [0.3, 0.4) is 0 Å². The van der Waals surface area contributed by atoms with Crippen LogP contribution in [0.2, 0.25) is 0 Å². The quantitative estimate of drug-likeness (QED) is 0.717. The van der Waals surface area contributed by atoms with Gasteiger partial charge >= 0.3 is 6.03 Å². The van der Waals surface area contributed by atoms with Crippen LogP contribution >= 0.6 is 0 Å². The molecule has 7 nitrogen and oxygen atoms in total. The summed E-state index contributed by atoms with van der Waals surface area (Å²) in [5.74, 6) is -0.876. The Morgan fingerprint density at radius 1 is 1.29 bits per heavy atom. The molecule has 17 heavy (non-hydrogen) atoms. The van der Waals surface area contributed by atoms with E-state index in [0.29, 0.717) is 0 Å². The lowest BCUT2D eigenvalue weighted by atomic mass is 10.1. The lowest BCUT2D eigenvalue weighted by Crippen LogP contribution is -2.56. The lowest BCUT2D eigenvalue weighted by molar-refractivity contribution is -0.118. The number of hydrogen-bond acceptors (Lipinski definition) is 4. The van der Waals surface area contributed by atoms with E-state index in [9.17, 15) is 18.0 Å². The molecule has 96 valence electrons. The van der Waals surface area contributed by atoms with Crippen LogP contribution in [0.15, 0.2) is 4.99 Å². The van der Waals surface area contributed by atoms with E-state index >= 15 is 0 Å². The predicted octanol–water partition coefficient (Wildman–Crippen LogP) is -0.216. The van der Waals surface area contributed by atoms with E-state index in [2.05, 4.69) is 9.71 Å². The van der Waals surface area contributed by atoms with Crippen LogP contribution < -0.4 is 10.0 Å². The SMILES string of the molecule is CC1=NC(=O)NC(=O)C1S(=O)(=O)NC(C)(C)C. The van der Waals surface area contributed by atoms with Gasteiger partial charge < -0.3 is 0 Å². The number of amides is 3. The van der Waals surface area contributed by atoms with Gasteiger partial charge in [-0.3, -0.25) is 10.1 Å².